The molecule has 4 rings (SSSR count). The molecule has 2 heterocycles. The van der Waals surface area contributed by atoms with Crippen molar-refractivity contribution < 1.29 is 4.79 Å². The molecule has 25 heavy (non-hydrogen) atoms. The van der Waals surface area contributed by atoms with Gasteiger partial charge in [0.15, 0.2) is 0 Å². The van der Waals surface area contributed by atoms with Crippen LogP contribution in [0.5, 0.6) is 0 Å². The molecule has 1 atom stereocenters. The molecular weight excluding hydrogens is 350 g/mol. The highest BCUT2D eigenvalue weighted by Crippen LogP contribution is 2.40. The van der Waals surface area contributed by atoms with Gasteiger partial charge in [-0.1, -0.05) is 23.9 Å². The molecule has 0 radical (unpaired) electrons. The Bertz CT molecular complexity index is 951. The van der Waals surface area contributed by atoms with E-state index in [2.05, 4.69) is 15.3 Å². The van der Waals surface area contributed by atoms with Crippen molar-refractivity contribution in [3.05, 3.63) is 46.6 Å². The molecule has 0 fully saturated rings. The third-order valence-electron chi connectivity index (χ3n) is 4.41. The molecule has 2 aromatic heterocycles. The van der Waals surface area contributed by atoms with Gasteiger partial charge in [-0.3, -0.25) is 4.79 Å². The number of carbonyl (C=O) groups is 1. The minimum atomic E-state index is -0.226. The van der Waals surface area contributed by atoms with Crippen LogP contribution in [-0.4, -0.2) is 21.1 Å². The maximum absolute atomic E-state index is 12.6. The van der Waals surface area contributed by atoms with E-state index >= 15 is 0 Å². The van der Waals surface area contributed by atoms with Crippen LogP contribution in [0.3, 0.4) is 0 Å². The lowest BCUT2D eigenvalue weighted by atomic mass is 10.2. The first-order valence-corrected chi connectivity index (χ1v) is 10.1. The summed E-state index contributed by atoms with van der Waals surface area (Å²) in [4.78, 5) is 24.0. The first-order valence-electron chi connectivity index (χ1n) is 8.41. The molecule has 128 valence electrons. The monoisotopic (exact) mass is 369 g/mol. The number of aromatic nitrogens is 2. The molecule has 1 aromatic carbocycles. The fourth-order valence-corrected chi connectivity index (χ4v) is 5.42. The van der Waals surface area contributed by atoms with Crippen molar-refractivity contribution in [1.29, 1.82) is 0 Å². The molecule has 1 amide bonds. The van der Waals surface area contributed by atoms with Crippen LogP contribution < -0.4 is 5.32 Å². The molecule has 0 bridgehead atoms. The van der Waals surface area contributed by atoms with E-state index in [1.807, 2.05) is 38.1 Å². The van der Waals surface area contributed by atoms with Crippen LogP contribution in [0.15, 0.2) is 35.6 Å². The number of hydrogen-bond donors (Lipinski definition) is 1. The number of fused-ring (bicyclic) bond motifs is 3. The van der Waals surface area contributed by atoms with Gasteiger partial charge in [0.25, 0.3) is 0 Å². The van der Waals surface area contributed by atoms with E-state index in [0.29, 0.717) is 0 Å². The Morgan fingerprint density at radius 2 is 2.20 bits per heavy atom. The quantitative estimate of drug-likeness (QED) is 0.539. The molecule has 1 N–H and O–H groups in total. The number of nitrogens with zero attached hydrogens (tertiary/aromatic N) is 2. The lowest BCUT2D eigenvalue weighted by Crippen LogP contribution is -2.22. The van der Waals surface area contributed by atoms with Gasteiger partial charge >= 0.3 is 0 Å². The largest absolute Gasteiger partial charge is 0.325 e. The molecule has 0 saturated heterocycles. The van der Waals surface area contributed by atoms with Gasteiger partial charge < -0.3 is 5.32 Å². The van der Waals surface area contributed by atoms with E-state index in [-0.39, 0.29) is 11.2 Å². The summed E-state index contributed by atoms with van der Waals surface area (Å²) in [5, 5.41) is 4.86. The van der Waals surface area contributed by atoms with Gasteiger partial charge in [0.2, 0.25) is 5.91 Å². The van der Waals surface area contributed by atoms with Crippen LogP contribution in [0.2, 0.25) is 0 Å². The smallest absolute Gasteiger partial charge is 0.237 e. The Kier molecular flexibility index (Phi) is 4.48. The van der Waals surface area contributed by atoms with Crippen molar-refractivity contribution in [2.45, 2.75) is 43.4 Å². The Balaban J connectivity index is 1.55. The van der Waals surface area contributed by atoms with Crippen molar-refractivity contribution >= 4 is 44.9 Å². The van der Waals surface area contributed by atoms with Crippen molar-refractivity contribution in [1.82, 2.24) is 9.97 Å². The number of benzene rings is 1. The number of rotatable bonds is 4. The Morgan fingerprint density at radius 1 is 1.32 bits per heavy atom. The predicted octanol–water partition coefficient (Wildman–Crippen LogP) is 4.61. The Labute approximate surface area is 155 Å². The zero-order valence-corrected chi connectivity index (χ0v) is 15.8. The maximum Gasteiger partial charge on any atom is 0.237 e. The number of nitrogens with one attached hydrogen (secondary N) is 1. The first kappa shape index (κ1) is 16.5. The van der Waals surface area contributed by atoms with Gasteiger partial charge in [-0.05, 0) is 56.4 Å². The topological polar surface area (TPSA) is 54.9 Å². The lowest BCUT2D eigenvalue weighted by molar-refractivity contribution is -0.115. The molecule has 0 spiro atoms. The summed E-state index contributed by atoms with van der Waals surface area (Å²) >= 11 is 3.29. The highest BCUT2D eigenvalue weighted by atomic mass is 32.2. The maximum atomic E-state index is 12.6. The minimum absolute atomic E-state index is 0.00534. The number of thioether (sulfide) groups is 1. The molecule has 1 aliphatic carbocycles. The fourth-order valence-electron chi connectivity index (χ4n) is 3.18. The van der Waals surface area contributed by atoms with Gasteiger partial charge in [-0.25, -0.2) is 9.97 Å². The average molecular weight is 370 g/mol. The van der Waals surface area contributed by atoms with Crippen LogP contribution in [0.4, 0.5) is 5.69 Å². The molecule has 3 aromatic rings. The van der Waals surface area contributed by atoms with Crippen molar-refractivity contribution in [3.8, 4) is 0 Å². The van der Waals surface area contributed by atoms with Crippen LogP contribution in [0, 0.1) is 6.92 Å². The third-order valence-corrected chi connectivity index (χ3v) is 6.71. The highest BCUT2D eigenvalue weighted by molar-refractivity contribution is 8.00. The van der Waals surface area contributed by atoms with Crippen molar-refractivity contribution in [2.75, 3.05) is 5.32 Å². The highest BCUT2D eigenvalue weighted by Gasteiger charge is 2.23. The van der Waals surface area contributed by atoms with Gasteiger partial charge in [0.05, 0.1) is 5.25 Å². The Morgan fingerprint density at radius 3 is 3.04 bits per heavy atom. The van der Waals surface area contributed by atoms with Gasteiger partial charge in [0.1, 0.15) is 16.2 Å². The van der Waals surface area contributed by atoms with Crippen LogP contribution >= 0.6 is 23.1 Å². The van der Waals surface area contributed by atoms with E-state index in [9.17, 15) is 4.79 Å². The van der Waals surface area contributed by atoms with E-state index in [4.69, 9.17) is 0 Å². The minimum Gasteiger partial charge on any atom is -0.325 e. The number of anilines is 1. The van der Waals surface area contributed by atoms with Gasteiger partial charge in [0, 0.05) is 16.0 Å². The van der Waals surface area contributed by atoms with E-state index < -0.39 is 0 Å². The molecular formula is C19H19N3OS2. The summed E-state index contributed by atoms with van der Waals surface area (Å²) < 4.78 is 0. The lowest BCUT2D eigenvalue weighted by Gasteiger charge is -2.12. The number of amides is 1. The molecule has 0 aliphatic heterocycles. The summed E-state index contributed by atoms with van der Waals surface area (Å²) in [5.74, 6) is -0.00534. The third kappa shape index (κ3) is 3.28. The Hall–Kier alpha value is -1.92. The second-order valence-electron chi connectivity index (χ2n) is 6.34. The fraction of sp³-hybridized carbons (Fsp3) is 0.316. The number of aryl methyl sites for hydroxylation is 3. The first-order chi connectivity index (χ1) is 12.1. The normalized spacial score (nSPS) is 14.5. The average Bonchev–Trinajstić information content (AvgIpc) is 3.15. The zero-order chi connectivity index (χ0) is 17.4. The van der Waals surface area contributed by atoms with Crippen molar-refractivity contribution in [2.24, 2.45) is 0 Å². The molecule has 4 nitrogen and oxygen atoms in total. The SMILES string of the molecule is Cc1cccc(NC(=O)[C@H](C)Sc2ncnc3sc4c(c23)CCC4)c1. The molecule has 6 heteroatoms. The van der Waals surface area contributed by atoms with Gasteiger partial charge in [-0.15, -0.1) is 11.3 Å². The van der Waals surface area contributed by atoms with Crippen LogP contribution in [0.1, 0.15) is 29.3 Å². The van der Waals surface area contributed by atoms with Crippen molar-refractivity contribution in [3.63, 3.8) is 0 Å². The van der Waals surface area contributed by atoms with Crippen LogP contribution in [0.25, 0.3) is 10.2 Å². The summed E-state index contributed by atoms with van der Waals surface area (Å²) in [6, 6.07) is 7.86. The number of carbonyl (C=O) groups excluding carboxylic acids is 1. The van der Waals surface area contributed by atoms with E-state index in [1.165, 1.54) is 34.0 Å². The molecule has 0 saturated carbocycles. The second-order valence-corrected chi connectivity index (χ2v) is 8.75. The van der Waals surface area contributed by atoms with E-state index in [0.717, 1.165) is 33.9 Å². The van der Waals surface area contributed by atoms with Gasteiger partial charge in [-0.2, -0.15) is 0 Å². The molecule has 1 aliphatic rings. The number of thiophene rings is 1. The second kappa shape index (κ2) is 6.77. The standard InChI is InChI=1S/C19H19N3OS2/c1-11-5-3-6-13(9-11)22-17(23)12(2)24-18-16-14-7-4-8-15(14)25-19(16)21-10-20-18/h3,5-6,9-10,12H,4,7-8H2,1-2H3,(H,22,23)/t12-/m0/s1. The predicted molar refractivity (Wildman–Crippen MR) is 105 cm³/mol. The molecule has 0 unspecified atom stereocenters. The van der Waals surface area contributed by atoms with Crippen LogP contribution in [-0.2, 0) is 17.6 Å². The summed E-state index contributed by atoms with van der Waals surface area (Å²) in [5.41, 5.74) is 3.36. The number of hydrogen-bond acceptors (Lipinski definition) is 5. The summed E-state index contributed by atoms with van der Waals surface area (Å²) in [7, 11) is 0. The van der Waals surface area contributed by atoms with E-state index in [1.54, 1.807) is 17.7 Å². The zero-order valence-electron chi connectivity index (χ0n) is 14.2. The summed E-state index contributed by atoms with van der Waals surface area (Å²) in [6.07, 6.45) is 5.06. The summed E-state index contributed by atoms with van der Waals surface area (Å²) in [6.45, 7) is 3.94.